The Labute approximate surface area is 199 Å². The van der Waals surface area contributed by atoms with Crippen LogP contribution in [0.1, 0.15) is 18.1 Å². The minimum Gasteiger partial charge on any atom is -0.489 e. The minimum absolute atomic E-state index is 0.0209. The number of nitrogens with zero attached hydrogens (tertiary/aromatic N) is 1. The number of rotatable bonds is 10. The van der Waals surface area contributed by atoms with Gasteiger partial charge in [-0.15, -0.1) is 0 Å². The molecule has 180 valence electrons. The summed E-state index contributed by atoms with van der Waals surface area (Å²) in [5.74, 6) is -0.972. The number of carbonyl (C=O) groups is 2. The number of alkyl halides is 3. The summed E-state index contributed by atoms with van der Waals surface area (Å²) in [5.41, 5.74) is -0.487. The summed E-state index contributed by atoms with van der Waals surface area (Å²) in [6.45, 7) is 1.83. The van der Waals surface area contributed by atoms with Crippen LogP contribution in [-0.4, -0.2) is 50.1 Å². The Morgan fingerprint density at radius 1 is 1.06 bits per heavy atom. The van der Waals surface area contributed by atoms with Crippen LogP contribution < -0.4 is 10.1 Å². The molecular formula is C22H23Cl2F3N2O4. The number of amides is 2. The molecule has 0 aliphatic heterocycles. The lowest BCUT2D eigenvalue weighted by molar-refractivity contribution is -0.137. The standard InChI is InChI=1S/C22H23Cl2F3N2O4/c1-3-29(21(31)11-14-4-6-16(23)17(24)10-14)13-20(30)28-18-12-15(22(25,26)27)5-7-19(18)33-9-8-32-2/h4-7,10,12H,3,8-9,11,13H2,1-2H3,(H,28,30). The van der Waals surface area contributed by atoms with Crippen molar-refractivity contribution in [2.24, 2.45) is 0 Å². The largest absolute Gasteiger partial charge is 0.489 e. The molecule has 0 atom stereocenters. The predicted octanol–water partition coefficient (Wildman–Crippen LogP) is 5.07. The third-order valence-electron chi connectivity index (χ3n) is 4.53. The van der Waals surface area contributed by atoms with Crippen LogP contribution in [0.5, 0.6) is 5.75 Å². The van der Waals surface area contributed by atoms with Crippen molar-refractivity contribution in [3.05, 3.63) is 57.6 Å². The van der Waals surface area contributed by atoms with E-state index in [-0.39, 0.29) is 50.1 Å². The van der Waals surface area contributed by atoms with Crippen molar-refractivity contribution in [2.75, 3.05) is 38.7 Å². The molecule has 2 amide bonds. The quantitative estimate of drug-likeness (QED) is 0.457. The van der Waals surface area contributed by atoms with E-state index < -0.39 is 17.6 Å². The fourth-order valence-corrected chi connectivity index (χ4v) is 3.16. The number of hydrogen-bond acceptors (Lipinski definition) is 4. The molecule has 0 bridgehead atoms. The molecule has 2 aromatic carbocycles. The second kappa shape index (κ2) is 12.1. The highest BCUT2D eigenvalue weighted by Gasteiger charge is 2.31. The number of nitrogens with one attached hydrogen (secondary N) is 1. The first kappa shape index (κ1) is 26.8. The Hall–Kier alpha value is -2.49. The van der Waals surface area contributed by atoms with E-state index in [1.165, 1.54) is 12.0 Å². The van der Waals surface area contributed by atoms with Crippen molar-refractivity contribution in [1.82, 2.24) is 4.90 Å². The van der Waals surface area contributed by atoms with Gasteiger partial charge >= 0.3 is 6.18 Å². The van der Waals surface area contributed by atoms with Gasteiger partial charge in [0.25, 0.3) is 0 Å². The van der Waals surface area contributed by atoms with Gasteiger partial charge in [0, 0.05) is 13.7 Å². The SMILES string of the molecule is CCN(CC(=O)Nc1cc(C(F)(F)F)ccc1OCCOC)C(=O)Cc1ccc(Cl)c(Cl)c1. The number of anilines is 1. The van der Waals surface area contributed by atoms with Crippen LogP contribution in [0, 0.1) is 0 Å². The first-order valence-corrected chi connectivity index (χ1v) is 10.6. The number of methoxy groups -OCH3 is 1. The van der Waals surface area contributed by atoms with E-state index in [4.69, 9.17) is 32.7 Å². The normalized spacial score (nSPS) is 11.2. The molecule has 0 heterocycles. The zero-order chi connectivity index (χ0) is 24.6. The van der Waals surface area contributed by atoms with Crippen LogP contribution in [0.2, 0.25) is 10.0 Å². The van der Waals surface area contributed by atoms with E-state index in [2.05, 4.69) is 5.32 Å². The molecule has 33 heavy (non-hydrogen) atoms. The molecule has 0 radical (unpaired) electrons. The lowest BCUT2D eigenvalue weighted by Crippen LogP contribution is -2.38. The maximum Gasteiger partial charge on any atom is 0.416 e. The Bertz CT molecular complexity index is 987. The van der Waals surface area contributed by atoms with Crippen molar-refractivity contribution in [1.29, 1.82) is 0 Å². The van der Waals surface area contributed by atoms with Crippen LogP contribution in [-0.2, 0) is 26.9 Å². The van der Waals surface area contributed by atoms with Gasteiger partial charge in [0.05, 0.1) is 40.9 Å². The van der Waals surface area contributed by atoms with Gasteiger partial charge < -0.3 is 19.7 Å². The number of hydrogen-bond donors (Lipinski definition) is 1. The van der Waals surface area contributed by atoms with Crippen molar-refractivity contribution in [2.45, 2.75) is 19.5 Å². The van der Waals surface area contributed by atoms with E-state index >= 15 is 0 Å². The molecule has 2 rings (SSSR count). The van der Waals surface area contributed by atoms with E-state index in [0.717, 1.165) is 18.2 Å². The van der Waals surface area contributed by atoms with Gasteiger partial charge in [0.1, 0.15) is 12.4 Å². The van der Waals surface area contributed by atoms with Crippen molar-refractivity contribution >= 4 is 40.7 Å². The van der Waals surface area contributed by atoms with Crippen LogP contribution in [0.25, 0.3) is 0 Å². The molecule has 11 heteroatoms. The van der Waals surface area contributed by atoms with Gasteiger partial charge in [0.15, 0.2) is 0 Å². The molecule has 0 unspecified atom stereocenters. The fraction of sp³-hybridized carbons (Fsp3) is 0.364. The van der Waals surface area contributed by atoms with E-state index in [1.807, 2.05) is 0 Å². The molecule has 0 saturated carbocycles. The van der Waals surface area contributed by atoms with Crippen molar-refractivity contribution in [3.63, 3.8) is 0 Å². The van der Waals surface area contributed by atoms with Crippen molar-refractivity contribution in [3.8, 4) is 5.75 Å². The molecule has 2 aromatic rings. The molecule has 0 aliphatic rings. The zero-order valence-corrected chi connectivity index (χ0v) is 19.5. The van der Waals surface area contributed by atoms with Gasteiger partial charge in [-0.2, -0.15) is 13.2 Å². The number of ether oxygens (including phenoxy) is 2. The Balaban J connectivity index is 2.12. The summed E-state index contributed by atoms with van der Waals surface area (Å²) >= 11 is 11.8. The Kier molecular flexibility index (Phi) is 9.82. The van der Waals surface area contributed by atoms with Gasteiger partial charge in [-0.25, -0.2) is 0 Å². The third-order valence-corrected chi connectivity index (χ3v) is 5.27. The molecule has 0 spiro atoms. The summed E-state index contributed by atoms with van der Waals surface area (Å²) in [5, 5.41) is 3.06. The highest BCUT2D eigenvalue weighted by Crippen LogP contribution is 2.35. The molecule has 0 aliphatic carbocycles. The molecule has 0 saturated heterocycles. The van der Waals surface area contributed by atoms with Crippen LogP contribution in [0.4, 0.5) is 18.9 Å². The fourth-order valence-electron chi connectivity index (χ4n) is 2.84. The minimum atomic E-state index is -4.60. The topological polar surface area (TPSA) is 67.9 Å². The van der Waals surface area contributed by atoms with E-state index in [9.17, 15) is 22.8 Å². The second-order valence-corrected chi connectivity index (χ2v) is 7.75. The number of benzene rings is 2. The molecule has 6 nitrogen and oxygen atoms in total. The van der Waals surface area contributed by atoms with E-state index in [1.54, 1.807) is 25.1 Å². The summed E-state index contributed by atoms with van der Waals surface area (Å²) < 4.78 is 49.7. The summed E-state index contributed by atoms with van der Waals surface area (Å²) in [6.07, 6.45) is -4.62. The summed E-state index contributed by atoms with van der Waals surface area (Å²) in [4.78, 5) is 26.5. The monoisotopic (exact) mass is 506 g/mol. The Morgan fingerprint density at radius 2 is 1.79 bits per heavy atom. The average molecular weight is 507 g/mol. The van der Waals surface area contributed by atoms with E-state index in [0.29, 0.717) is 15.6 Å². The predicted molar refractivity (Wildman–Crippen MR) is 120 cm³/mol. The second-order valence-electron chi connectivity index (χ2n) is 6.93. The summed E-state index contributed by atoms with van der Waals surface area (Å²) in [6, 6.07) is 7.54. The maximum absolute atomic E-state index is 13.1. The van der Waals surface area contributed by atoms with Crippen LogP contribution >= 0.6 is 23.2 Å². The average Bonchev–Trinajstić information content (AvgIpc) is 2.75. The molecule has 0 aromatic heterocycles. The first-order chi connectivity index (χ1) is 15.5. The van der Waals surface area contributed by atoms with Gasteiger partial charge in [-0.05, 0) is 42.8 Å². The van der Waals surface area contributed by atoms with Gasteiger partial charge in [-0.3, -0.25) is 9.59 Å². The zero-order valence-electron chi connectivity index (χ0n) is 18.0. The number of likely N-dealkylation sites (N-methyl/N-ethyl adjacent to an activating group) is 1. The molecule has 1 N–H and O–H groups in total. The Morgan fingerprint density at radius 3 is 2.39 bits per heavy atom. The lowest BCUT2D eigenvalue weighted by Gasteiger charge is -2.21. The van der Waals surface area contributed by atoms with Gasteiger partial charge in [0.2, 0.25) is 11.8 Å². The molecular weight excluding hydrogens is 484 g/mol. The molecule has 0 fully saturated rings. The smallest absolute Gasteiger partial charge is 0.416 e. The lowest BCUT2D eigenvalue weighted by atomic mass is 10.1. The van der Waals surface area contributed by atoms with Gasteiger partial charge in [-0.1, -0.05) is 29.3 Å². The first-order valence-electron chi connectivity index (χ1n) is 9.89. The van der Waals surface area contributed by atoms with Crippen LogP contribution in [0.3, 0.4) is 0 Å². The number of halogens is 5. The summed E-state index contributed by atoms with van der Waals surface area (Å²) in [7, 11) is 1.45. The van der Waals surface area contributed by atoms with Crippen LogP contribution in [0.15, 0.2) is 36.4 Å². The highest BCUT2D eigenvalue weighted by atomic mass is 35.5. The highest BCUT2D eigenvalue weighted by molar-refractivity contribution is 6.42. The third kappa shape index (κ3) is 8.10. The van der Waals surface area contributed by atoms with Crippen molar-refractivity contribution < 1.29 is 32.2 Å². The number of carbonyl (C=O) groups excluding carboxylic acids is 2. The maximum atomic E-state index is 13.1.